The number of fused-ring (bicyclic) bond motifs is 2. The summed E-state index contributed by atoms with van der Waals surface area (Å²) < 4.78 is 11.5. The molecule has 1 N–H and O–H groups in total. The Labute approximate surface area is 145 Å². The first kappa shape index (κ1) is 15.3. The van der Waals surface area contributed by atoms with E-state index in [2.05, 4.69) is 15.3 Å². The van der Waals surface area contributed by atoms with Crippen molar-refractivity contribution in [3.63, 3.8) is 0 Å². The highest BCUT2D eigenvalue weighted by molar-refractivity contribution is 7.22. The lowest BCUT2D eigenvalue weighted by molar-refractivity contribution is -0.384. The number of hydrogen-bond donors (Lipinski definition) is 1. The first-order valence-electron chi connectivity index (χ1n) is 7.30. The van der Waals surface area contributed by atoms with Crippen LogP contribution in [0.25, 0.3) is 21.3 Å². The fourth-order valence-corrected chi connectivity index (χ4v) is 3.48. The molecule has 0 aliphatic rings. The third-order valence-electron chi connectivity index (χ3n) is 3.69. The fourth-order valence-electron chi connectivity index (χ4n) is 2.52. The molecule has 0 amide bonds. The molecule has 0 bridgehead atoms. The highest BCUT2D eigenvalue weighted by atomic mass is 32.1. The van der Waals surface area contributed by atoms with Gasteiger partial charge in [-0.2, -0.15) is 4.98 Å². The second-order valence-electron chi connectivity index (χ2n) is 5.36. The Bertz CT molecular complexity index is 1120. The van der Waals surface area contributed by atoms with Crippen LogP contribution in [0.4, 0.5) is 16.8 Å². The number of nitrogens with zero attached hydrogens (tertiary/aromatic N) is 3. The first-order valence-corrected chi connectivity index (χ1v) is 8.12. The van der Waals surface area contributed by atoms with Gasteiger partial charge >= 0.3 is 6.01 Å². The van der Waals surface area contributed by atoms with Crippen molar-refractivity contribution in [3.05, 3.63) is 46.0 Å². The Morgan fingerprint density at radius 1 is 1.28 bits per heavy atom. The molecule has 0 spiro atoms. The van der Waals surface area contributed by atoms with Gasteiger partial charge in [-0.05, 0) is 24.6 Å². The summed E-state index contributed by atoms with van der Waals surface area (Å²) in [7, 11) is 1.59. The third-order valence-corrected chi connectivity index (χ3v) is 4.61. The van der Waals surface area contributed by atoms with E-state index in [4.69, 9.17) is 9.15 Å². The number of rotatable bonds is 4. The van der Waals surface area contributed by atoms with E-state index in [1.807, 2.05) is 0 Å². The van der Waals surface area contributed by atoms with Crippen LogP contribution in [0.2, 0.25) is 0 Å². The van der Waals surface area contributed by atoms with Crippen molar-refractivity contribution in [1.82, 2.24) is 9.97 Å². The van der Waals surface area contributed by atoms with Gasteiger partial charge < -0.3 is 9.15 Å². The highest BCUT2D eigenvalue weighted by Crippen LogP contribution is 2.33. The van der Waals surface area contributed by atoms with E-state index in [1.54, 1.807) is 32.2 Å². The largest absolute Gasteiger partial charge is 0.497 e. The molecule has 2 aromatic carbocycles. The summed E-state index contributed by atoms with van der Waals surface area (Å²) in [4.78, 5) is 19.4. The van der Waals surface area contributed by atoms with Gasteiger partial charge in [0.05, 0.1) is 22.2 Å². The highest BCUT2D eigenvalue weighted by Gasteiger charge is 2.15. The van der Waals surface area contributed by atoms with Crippen molar-refractivity contribution in [2.75, 3.05) is 12.4 Å². The molecule has 0 saturated carbocycles. The van der Waals surface area contributed by atoms with Crippen LogP contribution < -0.4 is 10.1 Å². The van der Waals surface area contributed by atoms with Crippen LogP contribution in [0.5, 0.6) is 5.75 Å². The lowest BCUT2D eigenvalue weighted by Gasteiger charge is -1.95. The number of anilines is 2. The lowest BCUT2D eigenvalue weighted by Crippen LogP contribution is -1.90. The van der Waals surface area contributed by atoms with E-state index in [0.717, 1.165) is 15.8 Å². The van der Waals surface area contributed by atoms with Crippen LogP contribution in [-0.4, -0.2) is 22.0 Å². The molecule has 4 aromatic rings. The number of aryl methyl sites for hydroxylation is 1. The predicted octanol–water partition coefficient (Wildman–Crippen LogP) is 4.41. The maximum Gasteiger partial charge on any atom is 0.302 e. The molecule has 9 heteroatoms. The zero-order valence-corrected chi connectivity index (χ0v) is 14.1. The number of nitro benzene ring substituents is 1. The van der Waals surface area contributed by atoms with Crippen molar-refractivity contribution < 1.29 is 14.1 Å². The molecule has 0 saturated heterocycles. The monoisotopic (exact) mass is 356 g/mol. The summed E-state index contributed by atoms with van der Waals surface area (Å²) in [6, 6.07) is 8.67. The van der Waals surface area contributed by atoms with E-state index in [-0.39, 0.29) is 5.69 Å². The molecule has 126 valence electrons. The molecular weight excluding hydrogens is 344 g/mol. The zero-order valence-electron chi connectivity index (χ0n) is 13.3. The fraction of sp³-hybridized carbons (Fsp3) is 0.125. The molecule has 4 rings (SSSR count). The van der Waals surface area contributed by atoms with Crippen LogP contribution >= 0.6 is 11.3 Å². The van der Waals surface area contributed by atoms with Gasteiger partial charge in [-0.3, -0.25) is 15.4 Å². The Hall–Kier alpha value is -3.20. The second-order valence-corrected chi connectivity index (χ2v) is 6.39. The summed E-state index contributed by atoms with van der Waals surface area (Å²) in [5, 5.41) is 14.6. The number of benzene rings is 2. The Morgan fingerprint density at radius 2 is 2.12 bits per heavy atom. The van der Waals surface area contributed by atoms with E-state index in [0.29, 0.717) is 28.0 Å². The van der Waals surface area contributed by atoms with Crippen molar-refractivity contribution in [2.45, 2.75) is 6.92 Å². The van der Waals surface area contributed by atoms with Crippen LogP contribution in [0.3, 0.4) is 0 Å². The van der Waals surface area contributed by atoms with Crippen LogP contribution in [0.15, 0.2) is 34.7 Å². The van der Waals surface area contributed by atoms with Gasteiger partial charge in [-0.1, -0.05) is 11.3 Å². The maximum atomic E-state index is 11.0. The molecule has 25 heavy (non-hydrogen) atoms. The topological polar surface area (TPSA) is 103 Å². The summed E-state index contributed by atoms with van der Waals surface area (Å²) >= 11 is 1.30. The van der Waals surface area contributed by atoms with Crippen LogP contribution in [0, 0.1) is 17.0 Å². The average molecular weight is 356 g/mol. The Kier molecular flexibility index (Phi) is 3.50. The minimum atomic E-state index is -0.409. The van der Waals surface area contributed by atoms with Crippen molar-refractivity contribution >= 4 is 49.5 Å². The van der Waals surface area contributed by atoms with Crippen LogP contribution in [0.1, 0.15) is 5.56 Å². The molecule has 0 aliphatic heterocycles. The van der Waals surface area contributed by atoms with Gasteiger partial charge in [0.15, 0.2) is 10.7 Å². The lowest BCUT2D eigenvalue weighted by atomic mass is 10.2. The van der Waals surface area contributed by atoms with E-state index < -0.39 is 4.92 Å². The normalized spacial score (nSPS) is 11.1. The van der Waals surface area contributed by atoms with E-state index in [1.165, 1.54) is 23.5 Å². The zero-order chi connectivity index (χ0) is 17.6. The quantitative estimate of drug-likeness (QED) is 0.427. The molecular formula is C16H12N4O4S. The minimum absolute atomic E-state index is 0.0501. The summed E-state index contributed by atoms with van der Waals surface area (Å²) in [6.07, 6.45) is 0. The smallest absolute Gasteiger partial charge is 0.302 e. The summed E-state index contributed by atoms with van der Waals surface area (Å²) in [6.45, 7) is 1.80. The maximum absolute atomic E-state index is 11.0. The van der Waals surface area contributed by atoms with Gasteiger partial charge in [0.1, 0.15) is 11.3 Å². The first-order chi connectivity index (χ1) is 12.0. The number of hydrogen-bond acceptors (Lipinski definition) is 8. The van der Waals surface area contributed by atoms with Gasteiger partial charge in [0, 0.05) is 18.2 Å². The molecule has 0 aliphatic carbocycles. The SMILES string of the molecule is COc1ccc2oc(Nc3nc4c(C)cc([N+](=O)[O-])cc4s3)nc2c1. The second kappa shape index (κ2) is 5.71. The Morgan fingerprint density at radius 3 is 2.88 bits per heavy atom. The molecule has 8 nitrogen and oxygen atoms in total. The number of aromatic nitrogens is 2. The third kappa shape index (κ3) is 2.74. The molecule has 0 radical (unpaired) electrons. The number of thiazole rings is 1. The van der Waals surface area contributed by atoms with Crippen molar-refractivity contribution in [2.24, 2.45) is 0 Å². The Balaban J connectivity index is 1.70. The molecule has 2 heterocycles. The molecule has 2 aromatic heterocycles. The van der Waals surface area contributed by atoms with Gasteiger partial charge in [0.25, 0.3) is 5.69 Å². The van der Waals surface area contributed by atoms with Crippen LogP contribution in [-0.2, 0) is 0 Å². The molecule has 0 fully saturated rings. The number of ether oxygens (including phenoxy) is 1. The molecule has 0 atom stereocenters. The van der Waals surface area contributed by atoms with E-state index in [9.17, 15) is 10.1 Å². The predicted molar refractivity (Wildman–Crippen MR) is 94.9 cm³/mol. The standard InChI is InChI=1S/C16H12N4O4S/c1-8-5-9(20(21)22)6-13-14(8)18-16(25-13)19-15-17-11-7-10(23-2)3-4-12(11)24-15/h3-7H,1-2H3,(H,17,18,19). The number of methoxy groups -OCH3 is 1. The van der Waals surface area contributed by atoms with Crippen molar-refractivity contribution in [1.29, 1.82) is 0 Å². The average Bonchev–Trinajstić information content (AvgIpc) is 3.17. The van der Waals surface area contributed by atoms with Gasteiger partial charge in [-0.15, -0.1) is 0 Å². The van der Waals surface area contributed by atoms with Crippen molar-refractivity contribution in [3.8, 4) is 5.75 Å². The van der Waals surface area contributed by atoms with Gasteiger partial charge in [-0.25, -0.2) is 4.98 Å². The number of nitrogens with one attached hydrogen (secondary N) is 1. The molecule has 0 unspecified atom stereocenters. The van der Waals surface area contributed by atoms with Gasteiger partial charge in [0.2, 0.25) is 0 Å². The number of non-ortho nitro benzene ring substituents is 1. The minimum Gasteiger partial charge on any atom is -0.497 e. The number of nitro groups is 1. The summed E-state index contributed by atoms with van der Waals surface area (Å²) in [5.41, 5.74) is 2.80. The summed E-state index contributed by atoms with van der Waals surface area (Å²) in [5.74, 6) is 0.690. The number of oxazole rings is 1. The van der Waals surface area contributed by atoms with E-state index >= 15 is 0 Å².